The second kappa shape index (κ2) is 6.85. The van der Waals surface area contributed by atoms with E-state index in [-0.39, 0.29) is 0 Å². The largest absolute Gasteiger partial charge is 0.280 e. The van der Waals surface area contributed by atoms with Crippen LogP contribution in [-0.2, 0) is 16.4 Å². The van der Waals surface area contributed by atoms with Gasteiger partial charge in [0.1, 0.15) is 0 Å². The number of hydrogen-bond donors (Lipinski definition) is 1. The lowest BCUT2D eigenvalue weighted by molar-refractivity contribution is 0.600. The highest BCUT2D eigenvalue weighted by atomic mass is 79.9. The molecule has 2 aromatic rings. The summed E-state index contributed by atoms with van der Waals surface area (Å²) in [5.41, 5.74) is 1.36. The van der Waals surface area contributed by atoms with E-state index >= 15 is 0 Å². The zero-order valence-electron chi connectivity index (χ0n) is 11.8. The smallest absolute Gasteiger partial charge is 0.262 e. The predicted octanol–water partition coefficient (Wildman–Crippen LogP) is 4.53. The summed E-state index contributed by atoms with van der Waals surface area (Å²) in [7, 11) is -3.57. The third-order valence-corrected chi connectivity index (χ3v) is 5.75. The molecule has 0 aliphatic rings. The standard InChI is InChI=1S/C15H16BrNO2S2/c1-3-11-10-12(16)4-9-15(11)21(18,19)17-13-5-7-14(20-2)8-6-13/h4-10,17H,3H2,1-2H3. The minimum Gasteiger partial charge on any atom is -0.280 e. The Morgan fingerprint density at radius 3 is 2.38 bits per heavy atom. The van der Waals surface area contributed by atoms with Crippen LogP contribution in [0.15, 0.2) is 56.7 Å². The van der Waals surface area contributed by atoms with Crippen molar-refractivity contribution in [3.05, 3.63) is 52.5 Å². The molecule has 0 spiro atoms. The van der Waals surface area contributed by atoms with Gasteiger partial charge in [0, 0.05) is 15.1 Å². The first-order valence-electron chi connectivity index (χ1n) is 6.41. The minimum absolute atomic E-state index is 0.321. The van der Waals surface area contributed by atoms with Crippen molar-refractivity contribution < 1.29 is 8.42 Å². The molecule has 0 amide bonds. The summed E-state index contributed by atoms with van der Waals surface area (Å²) in [5.74, 6) is 0. The van der Waals surface area contributed by atoms with Crippen molar-refractivity contribution in [2.75, 3.05) is 11.0 Å². The molecule has 0 heterocycles. The van der Waals surface area contributed by atoms with Crippen LogP contribution in [-0.4, -0.2) is 14.7 Å². The lowest BCUT2D eigenvalue weighted by atomic mass is 10.2. The van der Waals surface area contributed by atoms with Crippen LogP contribution in [0.4, 0.5) is 5.69 Å². The van der Waals surface area contributed by atoms with Gasteiger partial charge in [-0.25, -0.2) is 8.42 Å². The average Bonchev–Trinajstić information content (AvgIpc) is 2.47. The van der Waals surface area contributed by atoms with Crippen LogP contribution in [0.25, 0.3) is 0 Å². The van der Waals surface area contributed by atoms with Crippen molar-refractivity contribution in [2.24, 2.45) is 0 Å². The number of benzene rings is 2. The van der Waals surface area contributed by atoms with E-state index in [1.807, 2.05) is 31.4 Å². The Hall–Kier alpha value is -0.980. The van der Waals surface area contributed by atoms with E-state index in [0.717, 1.165) is 14.9 Å². The highest BCUT2D eigenvalue weighted by Crippen LogP contribution is 2.24. The first-order chi connectivity index (χ1) is 9.96. The van der Waals surface area contributed by atoms with Gasteiger partial charge >= 0.3 is 0 Å². The van der Waals surface area contributed by atoms with Crippen LogP contribution in [0, 0.1) is 0 Å². The highest BCUT2D eigenvalue weighted by Gasteiger charge is 2.18. The molecule has 2 aromatic carbocycles. The Morgan fingerprint density at radius 2 is 1.81 bits per heavy atom. The van der Waals surface area contributed by atoms with E-state index in [0.29, 0.717) is 17.0 Å². The normalized spacial score (nSPS) is 11.4. The molecule has 0 bridgehead atoms. The number of aryl methyl sites for hydroxylation is 1. The van der Waals surface area contributed by atoms with Gasteiger partial charge in [0.2, 0.25) is 0 Å². The molecular formula is C15H16BrNO2S2. The van der Waals surface area contributed by atoms with Crippen LogP contribution < -0.4 is 4.72 Å². The third-order valence-electron chi connectivity index (χ3n) is 3.04. The van der Waals surface area contributed by atoms with Gasteiger partial charge in [0.15, 0.2) is 0 Å². The van der Waals surface area contributed by atoms with E-state index in [2.05, 4.69) is 20.7 Å². The van der Waals surface area contributed by atoms with E-state index in [9.17, 15) is 8.42 Å². The van der Waals surface area contributed by atoms with Crippen LogP contribution in [0.2, 0.25) is 0 Å². The van der Waals surface area contributed by atoms with E-state index in [1.165, 1.54) is 0 Å². The Labute approximate surface area is 138 Å². The van der Waals surface area contributed by atoms with Crippen molar-refractivity contribution >= 4 is 43.4 Å². The summed E-state index contributed by atoms with van der Waals surface area (Å²) in [6.45, 7) is 1.94. The van der Waals surface area contributed by atoms with Crippen LogP contribution in [0.3, 0.4) is 0 Å². The van der Waals surface area contributed by atoms with Crippen molar-refractivity contribution in [1.82, 2.24) is 0 Å². The van der Waals surface area contributed by atoms with E-state index in [1.54, 1.807) is 36.0 Å². The molecule has 0 aromatic heterocycles. The summed E-state index contributed by atoms with van der Waals surface area (Å²) in [5, 5.41) is 0. The molecule has 0 saturated carbocycles. The molecule has 0 unspecified atom stereocenters. The fraction of sp³-hybridized carbons (Fsp3) is 0.200. The molecule has 0 fully saturated rings. The first-order valence-corrected chi connectivity index (χ1v) is 9.91. The van der Waals surface area contributed by atoms with Crippen LogP contribution >= 0.6 is 27.7 Å². The summed E-state index contributed by atoms with van der Waals surface area (Å²) < 4.78 is 28.5. The van der Waals surface area contributed by atoms with Gasteiger partial charge in [-0.15, -0.1) is 11.8 Å². The van der Waals surface area contributed by atoms with Gasteiger partial charge in [-0.2, -0.15) is 0 Å². The molecule has 1 N–H and O–H groups in total. The van der Waals surface area contributed by atoms with E-state index in [4.69, 9.17) is 0 Å². The zero-order valence-corrected chi connectivity index (χ0v) is 15.0. The fourth-order valence-electron chi connectivity index (χ4n) is 1.96. The predicted molar refractivity (Wildman–Crippen MR) is 92.6 cm³/mol. The monoisotopic (exact) mass is 385 g/mol. The molecule has 6 heteroatoms. The highest BCUT2D eigenvalue weighted by molar-refractivity contribution is 9.10. The fourth-order valence-corrected chi connectivity index (χ4v) is 4.12. The molecule has 0 saturated heterocycles. The average molecular weight is 386 g/mol. The molecule has 0 atom stereocenters. The minimum atomic E-state index is -3.57. The lowest BCUT2D eigenvalue weighted by Crippen LogP contribution is -2.14. The summed E-state index contributed by atoms with van der Waals surface area (Å²) in [6, 6.07) is 12.5. The number of sulfonamides is 1. The van der Waals surface area contributed by atoms with E-state index < -0.39 is 10.0 Å². The molecule has 0 aliphatic carbocycles. The quantitative estimate of drug-likeness (QED) is 0.768. The van der Waals surface area contributed by atoms with Gasteiger partial charge in [0.05, 0.1) is 4.90 Å². The third kappa shape index (κ3) is 4.02. The molecule has 21 heavy (non-hydrogen) atoms. The van der Waals surface area contributed by atoms with Crippen molar-refractivity contribution in [2.45, 2.75) is 23.1 Å². The summed E-state index contributed by atoms with van der Waals surface area (Å²) in [6.07, 6.45) is 2.63. The molecule has 0 radical (unpaired) electrons. The zero-order chi connectivity index (χ0) is 15.5. The van der Waals surface area contributed by atoms with Crippen LogP contribution in [0.5, 0.6) is 0 Å². The number of halogens is 1. The second-order valence-corrected chi connectivity index (χ2v) is 7.89. The lowest BCUT2D eigenvalue weighted by Gasteiger charge is -2.12. The Kier molecular flexibility index (Phi) is 5.35. The number of hydrogen-bond acceptors (Lipinski definition) is 3. The van der Waals surface area contributed by atoms with Crippen molar-refractivity contribution in [3.8, 4) is 0 Å². The van der Waals surface area contributed by atoms with Gasteiger partial charge in [-0.3, -0.25) is 4.72 Å². The molecule has 0 aliphatic heterocycles. The molecule has 2 rings (SSSR count). The number of rotatable bonds is 5. The van der Waals surface area contributed by atoms with Gasteiger partial charge in [-0.1, -0.05) is 22.9 Å². The topological polar surface area (TPSA) is 46.2 Å². The maximum absolute atomic E-state index is 12.5. The molecule has 3 nitrogen and oxygen atoms in total. The molecule has 112 valence electrons. The summed E-state index contributed by atoms with van der Waals surface area (Å²) in [4.78, 5) is 1.41. The summed E-state index contributed by atoms with van der Waals surface area (Å²) >= 11 is 4.99. The number of nitrogens with one attached hydrogen (secondary N) is 1. The van der Waals surface area contributed by atoms with Gasteiger partial charge in [0.25, 0.3) is 10.0 Å². The van der Waals surface area contributed by atoms with Crippen molar-refractivity contribution in [1.29, 1.82) is 0 Å². The number of thioether (sulfide) groups is 1. The number of anilines is 1. The Morgan fingerprint density at radius 1 is 1.14 bits per heavy atom. The van der Waals surface area contributed by atoms with Crippen molar-refractivity contribution in [3.63, 3.8) is 0 Å². The van der Waals surface area contributed by atoms with Crippen LogP contribution in [0.1, 0.15) is 12.5 Å². The first kappa shape index (κ1) is 16.4. The van der Waals surface area contributed by atoms with Gasteiger partial charge < -0.3 is 0 Å². The van der Waals surface area contributed by atoms with Gasteiger partial charge in [-0.05, 0) is 60.7 Å². The molecular weight excluding hydrogens is 370 g/mol. The maximum Gasteiger partial charge on any atom is 0.262 e. The Bertz CT molecular complexity index is 728. The maximum atomic E-state index is 12.5. The second-order valence-electron chi connectivity index (χ2n) is 4.44. The Balaban J connectivity index is 2.33. The SMILES string of the molecule is CCc1cc(Br)ccc1S(=O)(=O)Nc1ccc(SC)cc1.